The van der Waals surface area contributed by atoms with Gasteiger partial charge in [0.15, 0.2) is 0 Å². The molecule has 0 bridgehead atoms. The van der Waals surface area contributed by atoms with E-state index in [9.17, 15) is 22.4 Å². The van der Waals surface area contributed by atoms with Crippen molar-refractivity contribution in [2.45, 2.75) is 25.7 Å². The number of nitrogens with zero attached hydrogens (tertiary/aromatic N) is 3. The summed E-state index contributed by atoms with van der Waals surface area (Å²) in [5, 5.41) is 2.52. The molecule has 32 heavy (non-hydrogen) atoms. The molecule has 1 N–H and O–H groups in total. The van der Waals surface area contributed by atoms with E-state index in [2.05, 4.69) is 15.3 Å². The normalized spacial score (nSPS) is 17.5. The van der Waals surface area contributed by atoms with Crippen LogP contribution in [0.5, 0.6) is 5.75 Å². The number of ether oxygens (including phenoxy) is 2. The van der Waals surface area contributed by atoms with Crippen molar-refractivity contribution in [1.29, 1.82) is 0 Å². The average Bonchev–Trinajstić information content (AvgIpc) is 3.43. The van der Waals surface area contributed by atoms with Gasteiger partial charge in [0, 0.05) is 31.0 Å². The van der Waals surface area contributed by atoms with Gasteiger partial charge < -0.3 is 19.2 Å². The molecule has 1 saturated heterocycles. The predicted molar refractivity (Wildman–Crippen MR) is 106 cm³/mol. The minimum Gasteiger partial charge on any atom is -0.491 e. The fraction of sp³-hybridized carbons (Fsp3) is 0.381. The van der Waals surface area contributed by atoms with Crippen LogP contribution in [0.15, 0.2) is 36.7 Å². The van der Waals surface area contributed by atoms with E-state index in [-0.39, 0.29) is 29.7 Å². The second-order valence-corrected chi connectivity index (χ2v) is 7.30. The Bertz CT molecular complexity index is 1130. The van der Waals surface area contributed by atoms with E-state index in [1.807, 2.05) is 0 Å². The maximum atomic E-state index is 14.8. The first kappa shape index (κ1) is 22.0. The van der Waals surface area contributed by atoms with Gasteiger partial charge in [0.1, 0.15) is 34.6 Å². The number of alkyl halides is 4. The highest BCUT2D eigenvalue weighted by Gasteiger charge is 2.33. The maximum absolute atomic E-state index is 14.8. The highest BCUT2D eigenvalue weighted by atomic mass is 19.4. The zero-order valence-corrected chi connectivity index (χ0v) is 17.0. The summed E-state index contributed by atoms with van der Waals surface area (Å²) in [5.74, 6) is -0.877. The number of pyridine rings is 2. The molecule has 1 fully saturated rings. The minimum atomic E-state index is -4.67. The molecule has 1 amide bonds. The molecule has 0 spiro atoms. The monoisotopic (exact) mass is 452 g/mol. The second-order valence-electron chi connectivity index (χ2n) is 7.30. The summed E-state index contributed by atoms with van der Waals surface area (Å²) in [4.78, 5) is 20.3. The van der Waals surface area contributed by atoms with Crippen LogP contribution in [-0.2, 0) is 10.9 Å². The quantitative estimate of drug-likeness (QED) is 0.560. The Morgan fingerprint density at radius 2 is 2.16 bits per heavy atom. The first-order valence-corrected chi connectivity index (χ1v) is 9.99. The molecule has 1 unspecified atom stereocenters. The number of anilines is 1. The lowest BCUT2D eigenvalue weighted by molar-refractivity contribution is -0.141. The van der Waals surface area contributed by atoms with Crippen molar-refractivity contribution in [3.63, 3.8) is 0 Å². The standard InChI is InChI=1S/C21H20F4N4O3/c1-2-32-16-8-18-27-15(19(22)12-6-7-31-11-12)10-29(18)9-14(16)28-20(30)13-4-3-5-17(26-13)21(23,24)25/h3-5,8-10,12,19H,2,6-7,11H2,1H3,(H,28,30)/t12-,19?/m0/s1. The van der Waals surface area contributed by atoms with Crippen molar-refractivity contribution >= 4 is 17.2 Å². The molecule has 4 rings (SSSR count). The number of fused-ring (bicyclic) bond motifs is 1. The van der Waals surface area contributed by atoms with Crippen molar-refractivity contribution in [1.82, 2.24) is 14.4 Å². The summed E-state index contributed by atoms with van der Waals surface area (Å²) in [6.07, 6.45) is -2.40. The van der Waals surface area contributed by atoms with Gasteiger partial charge in [0.2, 0.25) is 0 Å². The number of carbonyl (C=O) groups excluding carboxylic acids is 1. The molecule has 11 heteroatoms. The van der Waals surface area contributed by atoms with Crippen LogP contribution in [-0.4, -0.2) is 40.1 Å². The van der Waals surface area contributed by atoms with Crippen LogP contribution in [0.25, 0.3) is 5.65 Å². The number of hydrogen-bond donors (Lipinski definition) is 1. The Hall–Kier alpha value is -3.21. The Labute approximate surface area is 180 Å². The molecule has 0 radical (unpaired) electrons. The Kier molecular flexibility index (Phi) is 6.00. The number of rotatable bonds is 6. The molecule has 0 aromatic carbocycles. The summed E-state index contributed by atoms with van der Waals surface area (Å²) in [6, 6.07) is 4.59. The molecule has 3 aromatic rings. The fourth-order valence-corrected chi connectivity index (χ4v) is 3.47. The van der Waals surface area contributed by atoms with Crippen molar-refractivity contribution in [3.05, 3.63) is 53.7 Å². The van der Waals surface area contributed by atoms with Crippen LogP contribution in [0.1, 0.15) is 41.4 Å². The van der Waals surface area contributed by atoms with Gasteiger partial charge in [-0.15, -0.1) is 0 Å². The minimum absolute atomic E-state index is 0.187. The average molecular weight is 452 g/mol. The Morgan fingerprint density at radius 1 is 1.34 bits per heavy atom. The largest absolute Gasteiger partial charge is 0.491 e. The molecule has 0 aliphatic carbocycles. The van der Waals surface area contributed by atoms with E-state index in [1.165, 1.54) is 28.9 Å². The van der Waals surface area contributed by atoms with Crippen molar-refractivity contribution in [2.75, 3.05) is 25.1 Å². The van der Waals surface area contributed by atoms with E-state index in [0.717, 1.165) is 12.1 Å². The Balaban J connectivity index is 1.63. The van der Waals surface area contributed by atoms with Gasteiger partial charge in [0.25, 0.3) is 5.91 Å². The number of amides is 1. The van der Waals surface area contributed by atoms with Gasteiger partial charge in [-0.3, -0.25) is 4.79 Å². The third kappa shape index (κ3) is 4.52. The van der Waals surface area contributed by atoms with Gasteiger partial charge in [-0.05, 0) is 25.5 Å². The van der Waals surface area contributed by atoms with Gasteiger partial charge in [-0.1, -0.05) is 6.07 Å². The molecular formula is C21H20F4N4O3. The summed E-state index contributed by atoms with van der Waals surface area (Å²) in [7, 11) is 0. The summed E-state index contributed by atoms with van der Waals surface area (Å²) in [6.45, 7) is 2.83. The molecule has 1 aliphatic rings. The van der Waals surface area contributed by atoms with E-state index >= 15 is 0 Å². The van der Waals surface area contributed by atoms with E-state index in [1.54, 1.807) is 6.92 Å². The van der Waals surface area contributed by atoms with Crippen LogP contribution in [0, 0.1) is 5.92 Å². The fourth-order valence-electron chi connectivity index (χ4n) is 3.47. The first-order chi connectivity index (χ1) is 15.3. The van der Waals surface area contributed by atoms with Crippen molar-refractivity contribution in [2.24, 2.45) is 5.92 Å². The molecular weight excluding hydrogens is 432 g/mol. The predicted octanol–water partition coefficient (Wildman–Crippen LogP) is 4.45. The Morgan fingerprint density at radius 3 is 2.84 bits per heavy atom. The number of carbonyl (C=O) groups is 1. The van der Waals surface area contributed by atoms with Gasteiger partial charge >= 0.3 is 6.18 Å². The highest BCUT2D eigenvalue weighted by molar-refractivity contribution is 6.03. The zero-order valence-electron chi connectivity index (χ0n) is 17.0. The molecule has 0 saturated carbocycles. The van der Waals surface area contributed by atoms with Crippen LogP contribution in [0.2, 0.25) is 0 Å². The van der Waals surface area contributed by atoms with E-state index in [4.69, 9.17) is 9.47 Å². The topological polar surface area (TPSA) is 77.8 Å². The zero-order chi connectivity index (χ0) is 22.9. The van der Waals surface area contributed by atoms with Crippen LogP contribution in [0.3, 0.4) is 0 Å². The lowest BCUT2D eigenvalue weighted by Crippen LogP contribution is -2.17. The molecule has 170 valence electrons. The van der Waals surface area contributed by atoms with Crippen LogP contribution in [0.4, 0.5) is 23.2 Å². The van der Waals surface area contributed by atoms with Gasteiger partial charge in [0.05, 0.1) is 18.9 Å². The third-order valence-electron chi connectivity index (χ3n) is 5.05. The van der Waals surface area contributed by atoms with E-state index in [0.29, 0.717) is 25.3 Å². The van der Waals surface area contributed by atoms with E-state index < -0.39 is 29.6 Å². The second kappa shape index (κ2) is 8.73. The third-order valence-corrected chi connectivity index (χ3v) is 5.05. The van der Waals surface area contributed by atoms with Gasteiger partial charge in [-0.25, -0.2) is 14.4 Å². The number of hydrogen-bond acceptors (Lipinski definition) is 5. The molecule has 3 aromatic heterocycles. The van der Waals surface area contributed by atoms with Crippen LogP contribution < -0.4 is 10.1 Å². The highest BCUT2D eigenvalue weighted by Crippen LogP contribution is 2.34. The summed E-state index contributed by atoms with van der Waals surface area (Å²) >= 11 is 0. The molecule has 7 nitrogen and oxygen atoms in total. The molecule has 1 aliphatic heterocycles. The van der Waals surface area contributed by atoms with Gasteiger partial charge in [-0.2, -0.15) is 13.2 Å². The number of nitrogens with one attached hydrogen (secondary N) is 1. The molecule has 2 atom stereocenters. The first-order valence-electron chi connectivity index (χ1n) is 9.99. The lowest BCUT2D eigenvalue weighted by atomic mass is 10.0. The SMILES string of the molecule is CCOc1cc2nc(C(F)[C@H]3CCOC3)cn2cc1NC(=O)c1cccc(C(F)(F)F)n1. The summed E-state index contributed by atoms with van der Waals surface area (Å²) < 4.78 is 65.9. The number of halogens is 4. The van der Waals surface area contributed by atoms with Crippen LogP contribution >= 0.6 is 0 Å². The van der Waals surface area contributed by atoms with Crippen molar-refractivity contribution < 1.29 is 31.8 Å². The summed E-state index contributed by atoms with van der Waals surface area (Å²) in [5.41, 5.74) is -0.758. The van der Waals surface area contributed by atoms with Crippen molar-refractivity contribution in [3.8, 4) is 5.75 Å². The number of imidazole rings is 1. The number of aromatic nitrogens is 3. The maximum Gasteiger partial charge on any atom is 0.433 e. The molecule has 4 heterocycles. The smallest absolute Gasteiger partial charge is 0.433 e. The lowest BCUT2D eigenvalue weighted by Gasteiger charge is -2.12.